The summed E-state index contributed by atoms with van der Waals surface area (Å²) in [6.07, 6.45) is 3.08. The van der Waals surface area contributed by atoms with Gasteiger partial charge in [-0.15, -0.1) is 0 Å². The predicted octanol–water partition coefficient (Wildman–Crippen LogP) is 4.58. The molecule has 0 bridgehead atoms. The summed E-state index contributed by atoms with van der Waals surface area (Å²) in [5.41, 5.74) is 0.883. The van der Waals surface area contributed by atoms with Crippen molar-refractivity contribution in [1.82, 2.24) is 9.97 Å². The summed E-state index contributed by atoms with van der Waals surface area (Å²) >= 11 is 0. The van der Waals surface area contributed by atoms with E-state index in [1.807, 2.05) is 48.5 Å². The number of fused-ring (bicyclic) bond motifs is 8. The van der Waals surface area contributed by atoms with Crippen LogP contribution in [-0.2, 0) is 0 Å². The molecule has 6 heteroatoms. The topological polar surface area (TPSA) is 121 Å². The molecule has 0 spiro atoms. The Balaban J connectivity index is 2.30. The van der Waals surface area contributed by atoms with E-state index in [0.717, 1.165) is 16.2 Å². The summed E-state index contributed by atoms with van der Waals surface area (Å²) in [4.78, 5) is 9.00. The highest BCUT2D eigenvalue weighted by Crippen LogP contribution is 2.41. The lowest BCUT2D eigenvalue weighted by atomic mass is 9.86. The number of nitrogens with zero attached hydrogens (tertiary/aromatic N) is 6. The predicted molar refractivity (Wildman–Crippen MR) is 111 cm³/mol. The molecular weight excluding hydrogens is 372 g/mol. The molecule has 0 aliphatic rings. The number of rotatable bonds is 0. The van der Waals surface area contributed by atoms with E-state index >= 15 is 0 Å². The molecule has 6 nitrogen and oxygen atoms in total. The zero-order valence-electron chi connectivity index (χ0n) is 15.3. The minimum absolute atomic E-state index is 0.0311. The van der Waals surface area contributed by atoms with E-state index < -0.39 is 0 Å². The Bertz CT molecular complexity index is 1740. The first-order chi connectivity index (χ1) is 14.7. The minimum atomic E-state index is -0.115. The van der Waals surface area contributed by atoms with E-state index in [4.69, 9.17) is 0 Å². The highest BCUT2D eigenvalue weighted by molar-refractivity contribution is 6.31. The van der Waals surface area contributed by atoms with Crippen molar-refractivity contribution >= 4 is 43.4 Å². The maximum absolute atomic E-state index is 9.95. The van der Waals surface area contributed by atoms with Gasteiger partial charge in [-0.25, -0.2) is 0 Å². The van der Waals surface area contributed by atoms with E-state index in [1.54, 1.807) is 6.20 Å². The molecule has 0 aliphatic heterocycles. The number of benzene rings is 4. The average Bonchev–Trinajstić information content (AvgIpc) is 2.81. The van der Waals surface area contributed by atoms with Gasteiger partial charge in [0.25, 0.3) is 0 Å². The maximum atomic E-state index is 9.95. The second-order valence-corrected chi connectivity index (χ2v) is 6.66. The fourth-order valence-electron chi connectivity index (χ4n) is 4.14. The lowest BCUT2D eigenvalue weighted by Gasteiger charge is -2.15. The molecule has 5 rings (SSSR count). The molecule has 0 atom stereocenters. The molecule has 0 radical (unpaired) electrons. The summed E-state index contributed by atoms with van der Waals surface area (Å²) < 4.78 is 0. The van der Waals surface area contributed by atoms with Crippen molar-refractivity contribution in [3.8, 4) is 24.3 Å². The van der Waals surface area contributed by atoms with Crippen LogP contribution in [0.15, 0.2) is 48.8 Å². The summed E-state index contributed by atoms with van der Waals surface area (Å²) in [5.74, 6) is 0. The Morgan fingerprint density at radius 3 is 1.73 bits per heavy atom. The van der Waals surface area contributed by atoms with Crippen molar-refractivity contribution in [3.05, 3.63) is 71.0 Å². The van der Waals surface area contributed by atoms with Crippen LogP contribution in [0.3, 0.4) is 0 Å². The van der Waals surface area contributed by atoms with Crippen LogP contribution in [-0.4, -0.2) is 9.97 Å². The number of hydrogen-bond donors (Lipinski definition) is 0. The van der Waals surface area contributed by atoms with Crippen LogP contribution in [0.25, 0.3) is 43.4 Å². The summed E-state index contributed by atoms with van der Waals surface area (Å²) in [5, 5.41) is 43.4. The molecule has 0 saturated carbocycles. The first-order valence-electron chi connectivity index (χ1n) is 8.93. The monoisotopic (exact) mass is 380 g/mol. The molecule has 1 heterocycles. The minimum Gasteiger partial charge on any atom is -0.252 e. The molecule has 0 fully saturated rings. The first kappa shape index (κ1) is 17.1. The third-order valence-electron chi connectivity index (χ3n) is 5.32. The Morgan fingerprint density at radius 2 is 1.10 bits per heavy atom. The van der Waals surface area contributed by atoms with Crippen molar-refractivity contribution < 1.29 is 0 Å². The van der Waals surface area contributed by atoms with Crippen molar-refractivity contribution in [1.29, 1.82) is 21.0 Å². The number of nitriles is 4. The molecule has 0 unspecified atom stereocenters. The Morgan fingerprint density at radius 1 is 0.533 bits per heavy atom. The van der Waals surface area contributed by atoms with Gasteiger partial charge in [0.05, 0.1) is 33.3 Å². The van der Waals surface area contributed by atoms with Crippen LogP contribution in [0, 0.1) is 45.3 Å². The average molecular weight is 380 g/mol. The van der Waals surface area contributed by atoms with Crippen molar-refractivity contribution in [2.45, 2.75) is 0 Å². The SMILES string of the molecule is N#Cc1c(C#N)c(C#N)c2c3nccnc3c3c4ccccc4ccc3c2c1C#N. The summed E-state index contributed by atoms with van der Waals surface area (Å²) in [7, 11) is 0. The van der Waals surface area contributed by atoms with Crippen molar-refractivity contribution in [3.63, 3.8) is 0 Å². The molecule has 134 valence electrons. The van der Waals surface area contributed by atoms with Gasteiger partial charge in [0.2, 0.25) is 0 Å². The third kappa shape index (κ3) is 2.02. The van der Waals surface area contributed by atoms with Gasteiger partial charge in [-0.3, -0.25) is 9.97 Å². The van der Waals surface area contributed by atoms with Gasteiger partial charge in [-0.2, -0.15) is 21.0 Å². The summed E-state index contributed by atoms with van der Waals surface area (Å²) in [6, 6.07) is 19.6. The number of hydrogen-bond acceptors (Lipinski definition) is 6. The highest BCUT2D eigenvalue weighted by atomic mass is 14.8. The largest absolute Gasteiger partial charge is 0.252 e. The summed E-state index contributed by atoms with van der Waals surface area (Å²) in [6.45, 7) is 0. The smallest absolute Gasteiger partial charge is 0.102 e. The Kier molecular flexibility index (Phi) is 3.56. The zero-order valence-corrected chi connectivity index (χ0v) is 15.3. The molecule has 1 aromatic heterocycles. The van der Waals surface area contributed by atoms with Crippen LogP contribution in [0.1, 0.15) is 22.3 Å². The molecule has 30 heavy (non-hydrogen) atoms. The van der Waals surface area contributed by atoms with Gasteiger partial charge in [-0.1, -0.05) is 36.4 Å². The lowest BCUT2D eigenvalue weighted by molar-refractivity contribution is 1.31. The molecule has 0 aliphatic carbocycles. The van der Waals surface area contributed by atoms with Gasteiger partial charge >= 0.3 is 0 Å². The van der Waals surface area contributed by atoms with E-state index in [9.17, 15) is 21.0 Å². The van der Waals surface area contributed by atoms with E-state index in [-0.39, 0.29) is 22.3 Å². The van der Waals surface area contributed by atoms with Gasteiger partial charge in [0, 0.05) is 28.6 Å². The second kappa shape index (κ2) is 6.25. The standard InChI is InChI=1S/C24H8N6/c25-9-16-17(10-26)19(12-28)22-20(18(16)11-27)15-6-5-13-3-1-2-4-14(13)21(15)23-24(22)30-8-7-29-23/h1-8H. The van der Waals surface area contributed by atoms with Gasteiger partial charge in [0.15, 0.2) is 0 Å². The van der Waals surface area contributed by atoms with Crippen LogP contribution < -0.4 is 0 Å². The molecule has 0 saturated heterocycles. The molecule has 0 amide bonds. The molecular formula is C24H8N6. The molecule has 5 aromatic rings. The van der Waals surface area contributed by atoms with Gasteiger partial charge in [0.1, 0.15) is 24.3 Å². The Hall–Kier alpha value is -5.04. The number of aromatic nitrogens is 2. The van der Waals surface area contributed by atoms with Crippen LogP contribution in [0.5, 0.6) is 0 Å². The molecule has 4 aromatic carbocycles. The highest BCUT2D eigenvalue weighted by Gasteiger charge is 2.25. The maximum Gasteiger partial charge on any atom is 0.102 e. The normalized spacial score (nSPS) is 10.5. The van der Waals surface area contributed by atoms with E-state index in [1.165, 1.54) is 6.20 Å². The zero-order chi connectivity index (χ0) is 20.8. The Labute approximate surface area is 170 Å². The third-order valence-corrected chi connectivity index (χ3v) is 5.32. The first-order valence-corrected chi connectivity index (χ1v) is 8.93. The second-order valence-electron chi connectivity index (χ2n) is 6.66. The van der Waals surface area contributed by atoms with Crippen molar-refractivity contribution in [2.75, 3.05) is 0 Å². The fraction of sp³-hybridized carbons (Fsp3) is 0. The van der Waals surface area contributed by atoms with Crippen LogP contribution in [0.2, 0.25) is 0 Å². The fourth-order valence-corrected chi connectivity index (χ4v) is 4.14. The quantitative estimate of drug-likeness (QED) is 0.363. The molecule has 0 N–H and O–H groups in total. The van der Waals surface area contributed by atoms with E-state index in [2.05, 4.69) is 22.1 Å². The van der Waals surface area contributed by atoms with E-state index in [0.29, 0.717) is 27.2 Å². The lowest BCUT2D eigenvalue weighted by Crippen LogP contribution is -2.01. The van der Waals surface area contributed by atoms with Gasteiger partial charge < -0.3 is 0 Å². The van der Waals surface area contributed by atoms with Gasteiger partial charge in [-0.05, 0) is 16.2 Å². The van der Waals surface area contributed by atoms with Crippen molar-refractivity contribution in [2.24, 2.45) is 0 Å². The van der Waals surface area contributed by atoms with Crippen LogP contribution in [0.4, 0.5) is 0 Å². The van der Waals surface area contributed by atoms with Crippen LogP contribution >= 0.6 is 0 Å².